The fraction of sp³-hybridized carbons (Fsp3) is 0.350. The number of ether oxygens (including phenoxy) is 4. The number of piperazine rings is 1. The summed E-state index contributed by atoms with van der Waals surface area (Å²) < 4.78 is 27.6. The summed E-state index contributed by atoms with van der Waals surface area (Å²) in [7, 11) is 0. The number of aromatic nitrogens is 7. The lowest BCUT2D eigenvalue weighted by Gasteiger charge is -2.35. The number of anilines is 1. The third-order valence-corrected chi connectivity index (χ3v) is 16.7. The summed E-state index contributed by atoms with van der Waals surface area (Å²) in [6.07, 6.45) is 30.2. The summed E-state index contributed by atoms with van der Waals surface area (Å²) >= 11 is 0. The van der Waals surface area contributed by atoms with Crippen LogP contribution >= 0.6 is 0 Å². The largest absolute Gasteiger partial charge is 0.473 e. The quantitative estimate of drug-likeness (QED) is 0.0788. The zero-order valence-electron chi connectivity index (χ0n) is 58.4. The van der Waals surface area contributed by atoms with Gasteiger partial charge in [-0.1, -0.05) is 128 Å². The summed E-state index contributed by atoms with van der Waals surface area (Å²) in [4.78, 5) is 24.8. The van der Waals surface area contributed by atoms with Gasteiger partial charge in [-0.05, 0) is 173 Å². The standard InChI is InChI=1S/C17H20N2.C9H10N4O.C9H8O.C8H9N.C7H6N2.C7H6O2.C5H11N.C4H9N.C4H5N.C4H4O.2C3H8N2/c1-3-7-15(8-4-1)17(16-9-5-2-6-10-16)19-13-11-18-12-14-19;1-2-8(14-3-1)13-6-12-9-7(13)4-10-5-11-9;1-2-6-9-8(4-1)5-3-7-10-9;1-2-4-8-7(3-1)5-6-9-8;2*1-2-4-7-6(3-1)8-5-9-7;1-2-4-6-5-3-1;3*1-2-4-5-3-1;1-2-5-3-4-1;1-2-4-5-3-1/h1-10,17-18H,11-14H2;4-6,8H,1-3H2;1-4,6-7H,5H2;1-4,9H,5-6H2;1-5H,(H,8,9);1-4H,5H2;6H,1-5H2;5H,1-4H2;1-5H;1-4H;2*4-5H,1-3H2. The molecule has 21 nitrogen and oxygen atoms in total. The zero-order valence-corrected chi connectivity index (χ0v) is 58.4. The highest BCUT2D eigenvalue weighted by molar-refractivity contribution is 5.73. The molecule has 0 radical (unpaired) electrons. The molecule has 6 saturated heterocycles. The van der Waals surface area contributed by atoms with Gasteiger partial charge in [0, 0.05) is 90.3 Å². The topological polar surface area (TPSA) is 238 Å². The van der Waals surface area contributed by atoms with Gasteiger partial charge in [0.15, 0.2) is 17.1 Å². The number of hydrogen-bond acceptors (Lipinski definition) is 18. The number of imidazole rings is 2. The molecule has 20 rings (SSSR count). The molecule has 6 aromatic carbocycles. The Hall–Kier alpha value is -9.52. The van der Waals surface area contributed by atoms with Crippen molar-refractivity contribution in [2.45, 2.75) is 76.5 Å². The number of piperidine rings is 1. The first-order valence-electron chi connectivity index (χ1n) is 35.8. The Kier molecular flexibility index (Phi) is 35.6. The van der Waals surface area contributed by atoms with Gasteiger partial charge >= 0.3 is 0 Å². The summed E-state index contributed by atoms with van der Waals surface area (Å²) in [5, 5.41) is 19.5. The van der Waals surface area contributed by atoms with Crippen molar-refractivity contribution in [1.82, 2.24) is 76.8 Å². The molecule has 0 aliphatic carbocycles. The average Bonchev–Trinajstić information content (AvgIpc) is 1.78. The van der Waals surface area contributed by atoms with Gasteiger partial charge in [-0.3, -0.25) is 15.8 Å². The van der Waals surface area contributed by atoms with Crippen LogP contribution in [0.1, 0.15) is 85.9 Å². The van der Waals surface area contributed by atoms with Gasteiger partial charge in [0.05, 0.1) is 54.7 Å². The molecule has 21 heteroatoms. The molecule has 9 aliphatic heterocycles. The third-order valence-electron chi connectivity index (χ3n) is 16.7. The van der Waals surface area contributed by atoms with E-state index in [0.29, 0.717) is 12.8 Å². The lowest BCUT2D eigenvalue weighted by molar-refractivity contribution is 0.0596. The molecule has 0 saturated carbocycles. The maximum atomic E-state index is 5.57. The van der Waals surface area contributed by atoms with Crippen LogP contribution in [-0.4, -0.2) is 145 Å². The molecular formula is C80H104N16O5. The number of nitrogens with one attached hydrogen (secondary N) is 10. The molecule has 14 heterocycles. The highest BCUT2D eigenvalue weighted by atomic mass is 16.7. The van der Waals surface area contributed by atoms with E-state index in [1.165, 1.54) is 105 Å². The van der Waals surface area contributed by atoms with Crippen molar-refractivity contribution < 1.29 is 23.4 Å². The number of aromatic amines is 2. The normalized spacial score (nSPS) is 16.8. The molecule has 534 valence electrons. The third kappa shape index (κ3) is 28.6. The van der Waals surface area contributed by atoms with Gasteiger partial charge in [0.1, 0.15) is 23.8 Å². The lowest BCUT2D eigenvalue weighted by atomic mass is 9.96. The van der Waals surface area contributed by atoms with Crippen LogP contribution in [-0.2, 0) is 17.6 Å². The molecule has 101 heavy (non-hydrogen) atoms. The van der Waals surface area contributed by atoms with Crippen LogP contribution < -0.4 is 57.0 Å². The number of nitrogens with zero attached hydrogens (tertiary/aromatic N) is 6. The minimum atomic E-state index is 0.117. The highest BCUT2D eigenvalue weighted by Gasteiger charge is 2.24. The van der Waals surface area contributed by atoms with Crippen LogP contribution in [0.25, 0.3) is 22.2 Å². The summed E-state index contributed by atoms with van der Waals surface area (Å²) in [5.74, 6) is 2.68. The molecule has 0 bridgehead atoms. The number of allylic oxidation sites excluding steroid dienone is 1. The number of hydrogen-bond donors (Lipinski definition) is 10. The Morgan fingerprint density at radius 3 is 1.66 bits per heavy atom. The van der Waals surface area contributed by atoms with Crippen molar-refractivity contribution >= 4 is 27.9 Å². The fourth-order valence-electron chi connectivity index (χ4n) is 11.5. The number of H-pyrrole nitrogens is 2. The number of para-hydroxylation sites is 6. The number of fused-ring (bicyclic) bond motifs is 5. The molecule has 0 spiro atoms. The van der Waals surface area contributed by atoms with Crippen molar-refractivity contribution in [3.8, 4) is 17.2 Å². The predicted molar refractivity (Wildman–Crippen MR) is 406 cm³/mol. The van der Waals surface area contributed by atoms with E-state index >= 15 is 0 Å². The maximum absolute atomic E-state index is 5.57. The van der Waals surface area contributed by atoms with Crippen molar-refractivity contribution in [2.24, 2.45) is 0 Å². The SMILES string of the molecule is C1=COc2ccccc2C1.C1CCNC1.C1CCNCC1.C1CNCN1.C1CNNC1.c1cc[nH]c1.c1ccc(C(c2ccccc2)N2CCNCC2)cc1.c1ccc2[nH]cnc2c1.c1ccc2c(c1)CCN2.c1ccc2c(c1)OCO2.c1ccoc1.c1ncc2c(n1)ncn2C1CCCO1. The van der Waals surface area contributed by atoms with E-state index in [1.807, 2.05) is 114 Å². The summed E-state index contributed by atoms with van der Waals surface area (Å²) in [6.45, 7) is 17.2. The first kappa shape index (κ1) is 75.7. The second-order valence-corrected chi connectivity index (χ2v) is 24.1. The smallest absolute Gasteiger partial charge is 0.231 e. The number of rotatable bonds is 4. The predicted octanol–water partition coefficient (Wildman–Crippen LogP) is 12.6. The van der Waals surface area contributed by atoms with Crippen molar-refractivity contribution in [2.75, 3.05) is 110 Å². The molecular weight excluding hydrogens is 1260 g/mol. The van der Waals surface area contributed by atoms with E-state index in [9.17, 15) is 0 Å². The van der Waals surface area contributed by atoms with Crippen LogP contribution in [0, 0.1) is 0 Å². The molecule has 1 atom stereocenters. The van der Waals surface area contributed by atoms with Gasteiger partial charge in [-0.15, -0.1) is 0 Å². The summed E-state index contributed by atoms with van der Waals surface area (Å²) in [5.41, 5.74) is 16.6. The lowest BCUT2D eigenvalue weighted by Crippen LogP contribution is -2.45. The van der Waals surface area contributed by atoms with E-state index in [2.05, 4.69) is 173 Å². The van der Waals surface area contributed by atoms with Crippen LogP contribution in [0.5, 0.6) is 17.2 Å². The minimum Gasteiger partial charge on any atom is -0.473 e. The Bertz CT molecular complexity index is 3520. The van der Waals surface area contributed by atoms with Gasteiger partial charge in [0.25, 0.3) is 0 Å². The minimum absolute atomic E-state index is 0.117. The molecule has 5 aromatic heterocycles. The van der Waals surface area contributed by atoms with E-state index in [-0.39, 0.29) is 6.23 Å². The van der Waals surface area contributed by atoms with Gasteiger partial charge in [0.2, 0.25) is 6.79 Å². The molecule has 1 unspecified atom stereocenters. The van der Waals surface area contributed by atoms with Crippen molar-refractivity contribution in [3.05, 3.63) is 267 Å². The number of furan rings is 1. The second-order valence-electron chi connectivity index (χ2n) is 24.1. The molecule has 6 fully saturated rings. The summed E-state index contributed by atoms with van der Waals surface area (Å²) in [6, 6.07) is 61.7. The van der Waals surface area contributed by atoms with E-state index < -0.39 is 0 Å². The zero-order chi connectivity index (χ0) is 69.3. The Morgan fingerprint density at radius 2 is 1.12 bits per heavy atom. The van der Waals surface area contributed by atoms with Crippen LogP contribution in [0.3, 0.4) is 0 Å². The van der Waals surface area contributed by atoms with E-state index in [1.54, 1.807) is 37.6 Å². The Labute approximate surface area is 596 Å². The van der Waals surface area contributed by atoms with Crippen molar-refractivity contribution in [1.29, 1.82) is 0 Å². The van der Waals surface area contributed by atoms with Crippen LogP contribution in [0.15, 0.2) is 249 Å². The van der Waals surface area contributed by atoms with Gasteiger partial charge in [-0.25, -0.2) is 19.9 Å². The van der Waals surface area contributed by atoms with Gasteiger partial charge in [-0.2, -0.15) is 0 Å². The second kappa shape index (κ2) is 47.5. The highest BCUT2D eigenvalue weighted by Crippen LogP contribution is 2.31. The van der Waals surface area contributed by atoms with Gasteiger partial charge < -0.3 is 69.8 Å². The number of benzene rings is 6. The fourth-order valence-corrected chi connectivity index (χ4v) is 11.5. The monoisotopic (exact) mass is 1370 g/mol. The van der Waals surface area contributed by atoms with Crippen molar-refractivity contribution in [3.63, 3.8) is 0 Å². The molecule has 0 amide bonds. The first-order chi connectivity index (χ1) is 50.3. The van der Waals surface area contributed by atoms with E-state index in [0.717, 1.165) is 131 Å². The Morgan fingerprint density at radius 1 is 0.505 bits per heavy atom. The van der Waals surface area contributed by atoms with Crippen LogP contribution in [0.4, 0.5) is 5.69 Å². The molecule has 9 aliphatic rings. The average molecular weight is 1370 g/mol. The number of hydrazine groups is 1. The maximum Gasteiger partial charge on any atom is 0.231 e. The molecule has 11 aromatic rings. The Balaban J connectivity index is 0.000000132. The van der Waals surface area contributed by atoms with Crippen LogP contribution in [0.2, 0.25) is 0 Å². The van der Waals surface area contributed by atoms with E-state index in [4.69, 9.17) is 18.9 Å². The first-order valence-corrected chi connectivity index (χ1v) is 35.8. The molecule has 10 N–H and O–H groups in total.